The van der Waals surface area contributed by atoms with Crippen molar-refractivity contribution >= 4 is 31.9 Å². The first kappa shape index (κ1) is 15.4. The Hall–Kier alpha value is -0.990. The maximum absolute atomic E-state index is 13.6. The average Bonchev–Trinajstić information content (AvgIpc) is 2.24. The molecular formula is C12H14BrFN2O3S. The van der Waals surface area contributed by atoms with Gasteiger partial charge in [0.15, 0.2) is 0 Å². The van der Waals surface area contributed by atoms with Crippen molar-refractivity contribution in [1.29, 1.82) is 0 Å². The fraction of sp³-hybridized carbons (Fsp3) is 0.417. The van der Waals surface area contributed by atoms with Gasteiger partial charge in [-0.2, -0.15) is 0 Å². The minimum absolute atomic E-state index is 0.0509. The molecule has 1 aliphatic rings. The maximum Gasteiger partial charge on any atom is 0.252 e. The Morgan fingerprint density at radius 2 is 2.05 bits per heavy atom. The Labute approximate surface area is 124 Å². The van der Waals surface area contributed by atoms with Gasteiger partial charge in [0.2, 0.25) is 10.0 Å². The molecule has 0 aliphatic heterocycles. The molecule has 0 radical (unpaired) electrons. The highest BCUT2D eigenvalue weighted by Gasteiger charge is 2.28. The summed E-state index contributed by atoms with van der Waals surface area (Å²) in [6.45, 7) is 2.08. The number of hydrogen-bond acceptors (Lipinski definition) is 3. The summed E-state index contributed by atoms with van der Waals surface area (Å²) in [5.41, 5.74) is 0.0509. The van der Waals surface area contributed by atoms with E-state index in [-0.39, 0.29) is 16.1 Å². The number of carbonyl (C=O) groups excluding carboxylic acids is 1. The van der Waals surface area contributed by atoms with Crippen molar-refractivity contribution in [2.45, 2.75) is 30.7 Å². The van der Waals surface area contributed by atoms with Crippen molar-refractivity contribution in [3.63, 3.8) is 0 Å². The highest BCUT2D eigenvalue weighted by molar-refractivity contribution is 9.10. The molecule has 1 aromatic carbocycles. The van der Waals surface area contributed by atoms with Crippen LogP contribution in [0.5, 0.6) is 0 Å². The summed E-state index contributed by atoms with van der Waals surface area (Å²) < 4.78 is 36.3. The molecule has 2 rings (SSSR count). The van der Waals surface area contributed by atoms with Crippen molar-refractivity contribution in [3.05, 3.63) is 28.0 Å². The minimum Gasteiger partial charge on any atom is -0.349 e. The third kappa shape index (κ3) is 3.18. The molecule has 5 nitrogen and oxygen atoms in total. The van der Waals surface area contributed by atoms with Gasteiger partial charge >= 0.3 is 0 Å². The van der Waals surface area contributed by atoms with Crippen LogP contribution < -0.4 is 10.5 Å². The number of hydrogen-bond donors (Lipinski definition) is 2. The van der Waals surface area contributed by atoms with Crippen molar-refractivity contribution in [2.75, 3.05) is 0 Å². The van der Waals surface area contributed by atoms with E-state index in [9.17, 15) is 17.6 Å². The van der Waals surface area contributed by atoms with Gasteiger partial charge in [-0.1, -0.05) is 6.92 Å². The third-order valence-electron chi connectivity index (χ3n) is 3.28. The number of amides is 1. The Morgan fingerprint density at radius 3 is 2.55 bits per heavy atom. The number of benzene rings is 1. The molecule has 8 heteroatoms. The first-order valence-electron chi connectivity index (χ1n) is 6.01. The summed E-state index contributed by atoms with van der Waals surface area (Å²) in [5.74, 6) is -0.871. The molecule has 0 unspecified atom stereocenters. The number of halogens is 2. The second-order valence-electron chi connectivity index (χ2n) is 5.05. The lowest BCUT2D eigenvalue weighted by atomic mass is 9.82. The molecule has 1 saturated carbocycles. The van der Waals surface area contributed by atoms with E-state index in [2.05, 4.69) is 28.2 Å². The highest BCUT2D eigenvalue weighted by atomic mass is 79.9. The first-order chi connectivity index (χ1) is 9.18. The zero-order valence-electron chi connectivity index (χ0n) is 10.7. The molecule has 1 fully saturated rings. The molecule has 0 heterocycles. The fourth-order valence-corrected chi connectivity index (χ4v) is 3.31. The van der Waals surface area contributed by atoms with Gasteiger partial charge in [-0.15, -0.1) is 0 Å². The zero-order valence-corrected chi connectivity index (χ0v) is 13.1. The van der Waals surface area contributed by atoms with E-state index in [1.807, 2.05) is 0 Å². The Balaban J connectivity index is 2.29. The molecule has 3 N–H and O–H groups in total. The van der Waals surface area contributed by atoms with Crippen LogP contribution in [0.2, 0.25) is 0 Å². The summed E-state index contributed by atoms with van der Waals surface area (Å²) in [4.78, 5) is 11.4. The molecule has 0 saturated heterocycles. The zero-order chi connectivity index (χ0) is 15.1. The van der Waals surface area contributed by atoms with Crippen molar-refractivity contribution in [3.8, 4) is 0 Å². The number of carbonyl (C=O) groups is 1. The summed E-state index contributed by atoms with van der Waals surface area (Å²) >= 11 is 3.05. The number of rotatable bonds is 3. The minimum atomic E-state index is -4.21. The highest BCUT2D eigenvalue weighted by Crippen LogP contribution is 2.28. The van der Waals surface area contributed by atoms with Gasteiger partial charge in [0.25, 0.3) is 5.91 Å². The van der Waals surface area contributed by atoms with Gasteiger partial charge in [-0.25, -0.2) is 17.9 Å². The van der Waals surface area contributed by atoms with Crippen LogP contribution >= 0.6 is 15.9 Å². The van der Waals surface area contributed by atoms with Gasteiger partial charge in [0.05, 0.1) is 5.56 Å². The van der Waals surface area contributed by atoms with Crippen LogP contribution in [0.4, 0.5) is 4.39 Å². The Morgan fingerprint density at radius 1 is 1.45 bits per heavy atom. The van der Waals surface area contributed by atoms with E-state index >= 15 is 0 Å². The lowest BCUT2D eigenvalue weighted by Gasteiger charge is -2.33. The molecule has 1 amide bonds. The molecule has 1 aromatic rings. The van der Waals surface area contributed by atoms with Gasteiger partial charge in [-0.3, -0.25) is 4.79 Å². The Kier molecular flexibility index (Phi) is 4.17. The van der Waals surface area contributed by atoms with Crippen molar-refractivity contribution in [1.82, 2.24) is 5.32 Å². The third-order valence-corrected chi connectivity index (χ3v) is 4.86. The van der Waals surface area contributed by atoms with E-state index < -0.39 is 26.6 Å². The summed E-state index contributed by atoms with van der Waals surface area (Å²) in [7, 11) is -4.21. The normalized spacial score (nSPS) is 22.2. The van der Waals surface area contributed by atoms with Crippen LogP contribution in [0, 0.1) is 11.7 Å². The summed E-state index contributed by atoms with van der Waals surface area (Å²) in [6, 6.07) is 1.96. The van der Waals surface area contributed by atoms with E-state index in [4.69, 9.17) is 5.14 Å². The van der Waals surface area contributed by atoms with Gasteiger partial charge < -0.3 is 5.32 Å². The Bertz CT molecular complexity index is 657. The standard InChI is InChI=1S/C12H14BrFN2O3S/c1-6-2-7(3-6)16-12(17)8-4-11(20(15,18)19)10(14)5-9(8)13/h4-7H,2-3H2,1H3,(H,16,17)(H2,15,18,19). The van der Waals surface area contributed by atoms with Gasteiger partial charge in [0.1, 0.15) is 10.7 Å². The number of primary sulfonamides is 1. The van der Waals surface area contributed by atoms with Gasteiger partial charge in [-0.05, 0) is 46.8 Å². The molecule has 0 bridgehead atoms. The van der Waals surface area contributed by atoms with Crippen molar-refractivity contribution in [2.24, 2.45) is 11.1 Å². The molecular weight excluding hydrogens is 351 g/mol. The first-order valence-corrected chi connectivity index (χ1v) is 8.35. The summed E-state index contributed by atoms with van der Waals surface area (Å²) in [6.07, 6.45) is 1.76. The summed E-state index contributed by atoms with van der Waals surface area (Å²) in [5, 5.41) is 7.69. The second-order valence-corrected chi connectivity index (χ2v) is 7.44. The second kappa shape index (κ2) is 5.42. The maximum atomic E-state index is 13.6. The van der Waals surface area contributed by atoms with E-state index in [0.29, 0.717) is 5.92 Å². The van der Waals surface area contributed by atoms with Crippen LogP contribution in [0.1, 0.15) is 30.1 Å². The van der Waals surface area contributed by atoms with Crippen LogP contribution in [0.15, 0.2) is 21.5 Å². The SMILES string of the molecule is CC1CC(NC(=O)c2cc(S(N)(=O)=O)c(F)cc2Br)C1. The van der Waals surface area contributed by atoms with E-state index in [1.54, 1.807) is 0 Å². The largest absolute Gasteiger partial charge is 0.349 e. The van der Waals surface area contributed by atoms with Crippen LogP contribution in [0.25, 0.3) is 0 Å². The predicted octanol–water partition coefficient (Wildman–Crippen LogP) is 1.76. The lowest BCUT2D eigenvalue weighted by molar-refractivity contribution is 0.0895. The monoisotopic (exact) mass is 364 g/mol. The molecule has 110 valence electrons. The van der Waals surface area contributed by atoms with E-state index in [0.717, 1.165) is 25.0 Å². The molecule has 0 aromatic heterocycles. The average molecular weight is 365 g/mol. The fourth-order valence-electron chi connectivity index (χ4n) is 2.20. The number of sulfonamides is 1. The van der Waals surface area contributed by atoms with Crippen LogP contribution in [0.3, 0.4) is 0 Å². The molecule has 20 heavy (non-hydrogen) atoms. The topological polar surface area (TPSA) is 89.3 Å². The molecule has 0 atom stereocenters. The molecule has 1 aliphatic carbocycles. The lowest BCUT2D eigenvalue weighted by Crippen LogP contribution is -2.43. The van der Waals surface area contributed by atoms with Crippen LogP contribution in [-0.4, -0.2) is 20.4 Å². The molecule has 0 spiro atoms. The smallest absolute Gasteiger partial charge is 0.252 e. The van der Waals surface area contributed by atoms with E-state index in [1.165, 1.54) is 0 Å². The number of nitrogens with one attached hydrogen (secondary N) is 1. The van der Waals surface area contributed by atoms with Gasteiger partial charge in [0, 0.05) is 10.5 Å². The predicted molar refractivity (Wildman–Crippen MR) is 75.1 cm³/mol. The quantitative estimate of drug-likeness (QED) is 0.856. The van der Waals surface area contributed by atoms with Crippen LogP contribution in [-0.2, 0) is 10.0 Å². The number of nitrogens with two attached hydrogens (primary N) is 1. The van der Waals surface area contributed by atoms with Crippen molar-refractivity contribution < 1.29 is 17.6 Å².